The van der Waals surface area contributed by atoms with E-state index in [1.165, 1.54) is 13.0 Å². The van der Waals surface area contributed by atoms with Gasteiger partial charge >= 0.3 is 0 Å². The molecule has 1 heterocycles. The van der Waals surface area contributed by atoms with Crippen molar-refractivity contribution < 1.29 is 18.8 Å². The van der Waals surface area contributed by atoms with Crippen molar-refractivity contribution in [3.05, 3.63) is 35.1 Å². The fourth-order valence-electron chi connectivity index (χ4n) is 5.17. The second kappa shape index (κ2) is 10.1. The fraction of sp³-hybridized carbons (Fsp3) is 0.654. The summed E-state index contributed by atoms with van der Waals surface area (Å²) in [4.78, 5) is 39.8. The molecule has 2 fully saturated rings. The first-order chi connectivity index (χ1) is 15.1. The van der Waals surface area contributed by atoms with Crippen molar-refractivity contribution in [3.8, 4) is 0 Å². The molecule has 176 valence electrons. The Morgan fingerprint density at radius 3 is 2.38 bits per heavy atom. The van der Waals surface area contributed by atoms with Gasteiger partial charge in [0.15, 0.2) is 5.78 Å². The van der Waals surface area contributed by atoms with Gasteiger partial charge in [0.2, 0.25) is 5.91 Å². The summed E-state index contributed by atoms with van der Waals surface area (Å²) in [7, 11) is 0. The summed E-state index contributed by atoms with van der Waals surface area (Å²) in [6, 6.07) is 4.32. The lowest BCUT2D eigenvalue weighted by atomic mass is 9.82. The highest BCUT2D eigenvalue weighted by Gasteiger charge is 2.34. The molecular formula is C26H37FN2O3. The minimum Gasteiger partial charge on any atom is -0.342 e. The van der Waals surface area contributed by atoms with Crippen molar-refractivity contribution in [2.24, 2.45) is 11.3 Å². The summed E-state index contributed by atoms with van der Waals surface area (Å²) in [5.74, 6) is -1.12. The summed E-state index contributed by atoms with van der Waals surface area (Å²) >= 11 is 0. The maximum absolute atomic E-state index is 15.5. The van der Waals surface area contributed by atoms with Crippen LogP contribution in [-0.4, -0.2) is 41.6 Å². The molecule has 5 nitrogen and oxygen atoms in total. The van der Waals surface area contributed by atoms with Gasteiger partial charge in [-0.3, -0.25) is 14.4 Å². The van der Waals surface area contributed by atoms with Crippen molar-refractivity contribution in [1.82, 2.24) is 10.2 Å². The average molecular weight is 445 g/mol. The third kappa shape index (κ3) is 5.57. The molecule has 2 atom stereocenters. The van der Waals surface area contributed by atoms with Gasteiger partial charge in [-0.1, -0.05) is 52.2 Å². The first kappa shape index (κ1) is 24.4. The highest BCUT2D eigenvalue weighted by molar-refractivity contribution is 5.98. The van der Waals surface area contributed by atoms with Crippen LogP contribution in [0.25, 0.3) is 0 Å². The van der Waals surface area contributed by atoms with E-state index in [0.717, 1.165) is 44.9 Å². The third-order valence-corrected chi connectivity index (χ3v) is 6.91. The number of carbonyl (C=O) groups excluding carboxylic acids is 3. The Morgan fingerprint density at radius 2 is 1.75 bits per heavy atom. The van der Waals surface area contributed by atoms with E-state index in [0.29, 0.717) is 18.7 Å². The predicted molar refractivity (Wildman–Crippen MR) is 123 cm³/mol. The molecule has 0 aromatic heterocycles. The Labute approximate surface area is 191 Å². The maximum atomic E-state index is 15.5. The molecular weight excluding hydrogens is 407 g/mol. The minimum atomic E-state index is -0.569. The van der Waals surface area contributed by atoms with E-state index in [9.17, 15) is 14.4 Å². The molecule has 1 aliphatic heterocycles. The van der Waals surface area contributed by atoms with Crippen LogP contribution in [-0.2, 0) is 9.59 Å². The van der Waals surface area contributed by atoms with E-state index in [1.807, 2.05) is 25.7 Å². The molecule has 0 spiro atoms. The minimum absolute atomic E-state index is 0.0242. The predicted octanol–water partition coefficient (Wildman–Crippen LogP) is 4.85. The number of hydrogen-bond donors (Lipinski definition) is 1. The lowest BCUT2D eigenvalue weighted by Crippen LogP contribution is -2.46. The van der Waals surface area contributed by atoms with E-state index in [-0.39, 0.29) is 29.1 Å². The van der Waals surface area contributed by atoms with Crippen molar-refractivity contribution in [2.75, 3.05) is 13.1 Å². The van der Waals surface area contributed by atoms with Gasteiger partial charge in [-0.2, -0.15) is 0 Å². The Morgan fingerprint density at radius 1 is 1.06 bits per heavy atom. The molecule has 1 aromatic rings. The number of rotatable bonds is 5. The molecule has 0 radical (unpaired) electrons. The zero-order chi connectivity index (χ0) is 23.5. The van der Waals surface area contributed by atoms with Crippen LogP contribution >= 0.6 is 0 Å². The second-order valence-corrected chi connectivity index (χ2v) is 10.5. The number of amides is 2. The first-order valence-corrected chi connectivity index (χ1v) is 12.0. The lowest BCUT2D eigenvalue weighted by Gasteiger charge is -2.37. The van der Waals surface area contributed by atoms with Gasteiger partial charge in [0, 0.05) is 24.4 Å². The highest BCUT2D eigenvalue weighted by atomic mass is 19.1. The monoisotopic (exact) mass is 444 g/mol. The largest absolute Gasteiger partial charge is 0.342 e. The molecule has 1 N–H and O–H groups in total. The molecule has 2 amide bonds. The standard InChI is InChI=1S/C26H37FN2O3/c1-17(30)23(18-10-6-5-7-11-18)28-24(31)21-14-8-13-20(22(21)27)19-12-9-15-29(16-19)25(32)26(2,3)4/h8,13-14,18-19,23H,5-7,9-12,15-16H2,1-4H3,(H,28,31)/t19?,23-/m0/s1. The van der Waals surface area contributed by atoms with Crippen molar-refractivity contribution in [2.45, 2.75) is 84.6 Å². The van der Waals surface area contributed by atoms with Gasteiger partial charge in [0.25, 0.3) is 5.91 Å². The quantitative estimate of drug-likeness (QED) is 0.706. The van der Waals surface area contributed by atoms with Crippen molar-refractivity contribution in [3.63, 3.8) is 0 Å². The smallest absolute Gasteiger partial charge is 0.254 e. The number of piperidine rings is 1. The van der Waals surface area contributed by atoms with Gasteiger partial charge in [-0.15, -0.1) is 0 Å². The first-order valence-electron chi connectivity index (χ1n) is 12.0. The van der Waals surface area contributed by atoms with Crippen LogP contribution in [0, 0.1) is 17.2 Å². The topological polar surface area (TPSA) is 66.5 Å². The summed E-state index contributed by atoms with van der Waals surface area (Å²) in [6.45, 7) is 8.30. The van der Waals surface area contributed by atoms with Crippen LogP contribution in [0.3, 0.4) is 0 Å². The van der Waals surface area contributed by atoms with E-state index in [2.05, 4.69) is 5.32 Å². The fourth-order valence-corrected chi connectivity index (χ4v) is 5.17. The van der Waals surface area contributed by atoms with Crippen LogP contribution in [0.5, 0.6) is 0 Å². The van der Waals surface area contributed by atoms with E-state index < -0.39 is 23.2 Å². The van der Waals surface area contributed by atoms with E-state index in [4.69, 9.17) is 0 Å². The molecule has 1 aromatic carbocycles. The van der Waals surface area contributed by atoms with E-state index in [1.54, 1.807) is 12.1 Å². The number of hydrogen-bond acceptors (Lipinski definition) is 3. The van der Waals surface area contributed by atoms with Crippen molar-refractivity contribution >= 4 is 17.6 Å². The second-order valence-electron chi connectivity index (χ2n) is 10.5. The molecule has 1 saturated heterocycles. The van der Waals surface area contributed by atoms with Gasteiger partial charge in [-0.25, -0.2) is 4.39 Å². The summed E-state index contributed by atoms with van der Waals surface area (Å²) < 4.78 is 15.5. The maximum Gasteiger partial charge on any atom is 0.254 e. The number of carbonyl (C=O) groups is 3. The molecule has 1 unspecified atom stereocenters. The molecule has 0 bridgehead atoms. The van der Waals surface area contributed by atoms with Crippen LogP contribution in [0.4, 0.5) is 4.39 Å². The zero-order valence-corrected chi connectivity index (χ0v) is 19.9. The Hall–Kier alpha value is -2.24. The Bertz CT molecular complexity index is 855. The number of nitrogens with zero attached hydrogens (tertiary/aromatic N) is 1. The van der Waals surface area contributed by atoms with Crippen LogP contribution in [0.2, 0.25) is 0 Å². The number of nitrogens with one attached hydrogen (secondary N) is 1. The number of ketones is 1. The molecule has 6 heteroatoms. The van der Waals surface area contributed by atoms with Crippen LogP contribution in [0.1, 0.15) is 94.5 Å². The highest BCUT2D eigenvalue weighted by Crippen LogP contribution is 2.32. The molecule has 3 rings (SSSR count). The summed E-state index contributed by atoms with van der Waals surface area (Å²) in [5.41, 5.74) is -0.0341. The number of benzene rings is 1. The SMILES string of the molecule is CC(=O)[C@H](NC(=O)c1cccc(C2CCCN(C(=O)C(C)(C)C)C2)c1F)C1CCCCC1. The Balaban J connectivity index is 1.77. The van der Waals surface area contributed by atoms with Gasteiger partial charge in [0.05, 0.1) is 11.6 Å². The normalized spacial score (nSPS) is 21.2. The molecule has 1 saturated carbocycles. The molecule has 32 heavy (non-hydrogen) atoms. The Kier molecular flexibility index (Phi) is 7.73. The van der Waals surface area contributed by atoms with Gasteiger partial charge < -0.3 is 10.2 Å². The number of halogens is 1. The van der Waals surface area contributed by atoms with Gasteiger partial charge in [0.1, 0.15) is 5.82 Å². The van der Waals surface area contributed by atoms with Gasteiger partial charge in [-0.05, 0) is 50.2 Å². The summed E-state index contributed by atoms with van der Waals surface area (Å²) in [5, 5.41) is 2.83. The zero-order valence-electron chi connectivity index (χ0n) is 19.9. The van der Waals surface area contributed by atoms with Crippen molar-refractivity contribution in [1.29, 1.82) is 0 Å². The summed E-state index contributed by atoms with van der Waals surface area (Å²) in [6.07, 6.45) is 6.66. The molecule has 1 aliphatic carbocycles. The number of likely N-dealkylation sites (tertiary alicyclic amines) is 1. The third-order valence-electron chi connectivity index (χ3n) is 6.91. The average Bonchev–Trinajstić information content (AvgIpc) is 2.76. The number of Topliss-reactive ketones (excluding diaryl/α,β-unsaturated/α-hetero) is 1. The molecule has 2 aliphatic rings. The van der Waals surface area contributed by atoms with Crippen LogP contribution in [0.15, 0.2) is 18.2 Å². The van der Waals surface area contributed by atoms with Crippen LogP contribution < -0.4 is 5.32 Å². The lowest BCUT2D eigenvalue weighted by molar-refractivity contribution is -0.140. The van der Waals surface area contributed by atoms with E-state index >= 15 is 4.39 Å².